The van der Waals surface area contributed by atoms with E-state index in [9.17, 15) is 19.5 Å². The Morgan fingerprint density at radius 1 is 1.00 bits per heavy atom. The van der Waals surface area contributed by atoms with Crippen LogP contribution >= 0.6 is 11.6 Å². The van der Waals surface area contributed by atoms with Crippen molar-refractivity contribution in [3.05, 3.63) is 76.3 Å². The fraction of sp³-hybridized carbons (Fsp3) is 0.241. The molecule has 0 aliphatic carbocycles. The molecule has 3 rings (SSSR count). The fourth-order valence-corrected chi connectivity index (χ4v) is 3.91. The number of halogens is 1. The van der Waals surface area contributed by atoms with Crippen molar-refractivity contribution in [2.24, 2.45) is 11.5 Å². The molecule has 0 heterocycles. The molecule has 0 bridgehead atoms. The second-order valence-corrected chi connectivity index (χ2v) is 10.0. The van der Waals surface area contributed by atoms with Gasteiger partial charge >= 0.3 is 5.97 Å². The van der Waals surface area contributed by atoms with Gasteiger partial charge in [-0.1, -0.05) is 11.6 Å². The molecular formula is C29H33ClN6O6. The smallest absolute Gasteiger partial charge is 0.341 e. The summed E-state index contributed by atoms with van der Waals surface area (Å²) < 4.78 is 11.5. The molecule has 42 heavy (non-hydrogen) atoms. The molecule has 0 fully saturated rings. The molecule has 0 aliphatic rings. The number of carbonyl (C=O) groups excluding carboxylic acids is 2. The first-order valence-corrected chi connectivity index (χ1v) is 13.3. The topological polar surface area (TPSA) is 202 Å². The van der Waals surface area contributed by atoms with Gasteiger partial charge in [-0.3, -0.25) is 15.0 Å². The molecule has 0 spiro atoms. The first-order chi connectivity index (χ1) is 19.8. The number of nitrogen functional groups attached to an aromatic ring is 1. The molecule has 12 nitrogen and oxygen atoms in total. The maximum Gasteiger partial charge on any atom is 0.341 e. The molecule has 0 aliphatic heterocycles. The van der Waals surface area contributed by atoms with Gasteiger partial charge in [-0.15, -0.1) is 0 Å². The number of benzene rings is 3. The second kappa shape index (κ2) is 14.2. The third kappa shape index (κ3) is 8.85. The van der Waals surface area contributed by atoms with E-state index < -0.39 is 30.4 Å². The van der Waals surface area contributed by atoms with Crippen LogP contribution in [0.3, 0.4) is 0 Å². The fourth-order valence-electron chi connectivity index (χ4n) is 3.74. The SMILES string of the molecule is CC(C)Oc1cc(NC(=O)[C@H](C)N)cc(CNc2ccc(Cl)cc2C(=O)Nc2ccc(C(=N)N)cc2)c1OCC(=O)O. The highest BCUT2D eigenvalue weighted by Crippen LogP contribution is 2.37. The van der Waals surface area contributed by atoms with Crippen molar-refractivity contribution < 1.29 is 29.0 Å². The summed E-state index contributed by atoms with van der Waals surface area (Å²) in [7, 11) is 0. The average molecular weight is 597 g/mol. The van der Waals surface area contributed by atoms with E-state index in [1.54, 1.807) is 63.2 Å². The Morgan fingerprint density at radius 3 is 2.29 bits per heavy atom. The number of carboxylic acid groups (broad SMARTS) is 1. The zero-order chi connectivity index (χ0) is 31.0. The minimum Gasteiger partial charge on any atom is -0.487 e. The quantitative estimate of drug-likeness (QED) is 0.112. The third-order valence-corrected chi connectivity index (χ3v) is 5.90. The summed E-state index contributed by atoms with van der Waals surface area (Å²) in [5.74, 6) is -1.80. The number of hydrogen-bond acceptors (Lipinski definition) is 8. The lowest BCUT2D eigenvalue weighted by molar-refractivity contribution is -0.139. The Kier molecular flexibility index (Phi) is 10.7. The molecule has 3 aromatic carbocycles. The van der Waals surface area contributed by atoms with Crippen LogP contribution in [0.25, 0.3) is 0 Å². The predicted octanol–water partition coefficient (Wildman–Crippen LogP) is 4.02. The number of amidine groups is 1. The molecule has 0 aromatic heterocycles. The van der Waals surface area contributed by atoms with Gasteiger partial charge in [0, 0.05) is 45.8 Å². The number of amides is 2. The van der Waals surface area contributed by atoms with Crippen LogP contribution in [0.2, 0.25) is 5.02 Å². The third-order valence-electron chi connectivity index (χ3n) is 5.66. The van der Waals surface area contributed by atoms with E-state index in [-0.39, 0.29) is 35.5 Å². The van der Waals surface area contributed by atoms with Gasteiger partial charge in [0.05, 0.1) is 17.7 Å². The van der Waals surface area contributed by atoms with Gasteiger partial charge in [0.15, 0.2) is 18.1 Å². The molecule has 0 radical (unpaired) electrons. The summed E-state index contributed by atoms with van der Waals surface area (Å²) in [6.07, 6.45) is -0.298. The number of carboxylic acids is 1. The highest BCUT2D eigenvalue weighted by atomic mass is 35.5. The second-order valence-electron chi connectivity index (χ2n) is 9.58. The number of hydrogen-bond donors (Lipinski definition) is 7. The Balaban J connectivity index is 1.96. The van der Waals surface area contributed by atoms with Gasteiger partial charge in [-0.25, -0.2) is 4.79 Å². The maximum atomic E-state index is 13.2. The summed E-state index contributed by atoms with van der Waals surface area (Å²) >= 11 is 6.21. The van der Waals surface area contributed by atoms with Crippen LogP contribution in [0, 0.1) is 5.41 Å². The molecule has 13 heteroatoms. The number of nitrogens with two attached hydrogens (primary N) is 2. The molecule has 0 saturated heterocycles. The van der Waals surface area contributed by atoms with Gasteiger partial charge in [0.2, 0.25) is 5.91 Å². The van der Waals surface area contributed by atoms with Crippen molar-refractivity contribution in [3.8, 4) is 11.5 Å². The Morgan fingerprint density at radius 2 is 1.69 bits per heavy atom. The van der Waals surface area contributed by atoms with Crippen LogP contribution in [0.4, 0.5) is 17.1 Å². The van der Waals surface area contributed by atoms with E-state index in [2.05, 4.69) is 16.0 Å². The number of rotatable bonds is 13. The van der Waals surface area contributed by atoms with Gasteiger partial charge in [-0.2, -0.15) is 0 Å². The van der Waals surface area contributed by atoms with Crippen molar-refractivity contribution in [3.63, 3.8) is 0 Å². The molecule has 1 atom stereocenters. The number of nitrogens with one attached hydrogen (secondary N) is 4. The number of anilines is 3. The van der Waals surface area contributed by atoms with Crippen LogP contribution in [-0.2, 0) is 16.1 Å². The maximum absolute atomic E-state index is 13.2. The highest BCUT2D eigenvalue weighted by molar-refractivity contribution is 6.31. The summed E-state index contributed by atoms with van der Waals surface area (Å²) in [5.41, 5.74) is 13.6. The Hall–Kier alpha value is -4.81. The molecule has 0 saturated carbocycles. The van der Waals surface area contributed by atoms with E-state index in [1.807, 2.05) is 0 Å². The summed E-state index contributed by atoms with van der Waals surface area (Å²) in [6, 6.07) is 13.5. The lowest BCUT2D eigenvalue weighted by Crippen LogP contribution is -2.32. The van der Waals surface area contributed by atoms with Crippen LogP contribution in [-0.4, -0.2) is 47.5 Å². The van der Waals surface area contributed by atoms with Crippen molar-refractivity contribution in [2.45, 2.75) is 39.5 Å². The summed E-state index contributed by atoms with van der Waals surface area (Å²) in [5, 5.41) is 25.8. The minimum atomic E-state index is -1.19. The van der Waals surface area contributed by atoms with Gasteiger partial charge < -0.3 is 42.0 Å². The normalized spacial score (nSPS) is 11.4. The van der Waals surface area contributed by atoms with Gasteiger partial charge in [0.25, 0.3) is 5.91 Å². The van der Waals surface area contributed by atoms with Crippen molar-refractivity contribution in [1.82, 2.24) is 0 Å². The number of aliphatic carboxylic acids is 1. The van der Waals surface area contributed by atoms with Crippen molar-refractivity contribution in [1.29, 1.82) is 5.41 Å². The first-order valence-electron chi connectivity index (χ1n) is 12.9. The van der Waals surface area contributed by atoms with E-state index in [0.29, 0.717) is 33.2 Å². The molecular weight excluding hydrogens is 564 g/mol. The Bertz CT molecular complexity index is 1480. The van der Waals surface area contributed by atoms with E-state index in [1.165, 1.54) is 12.1 Å². The van der Waals surface area contributed by atoms with E-state index in [0.717, 1.165) is 0 Å². The van der Waals surface area contributed by atoms with Crippen molar-refractivity contribution >= 4 is 52.3 Å². The van der Waals surface area contributed by atoms with Gasteiger partial charge in [0.1, 0.15) is 5.84 Å². The lowest BCUT2D eigenvalue weighted by atomic mass is 10.1. The predicted molar refractivity (Wildman–Crippen MR) is 162 cm³/mol. The van der Waals surface area contributed by atoms with Crippen LogP contribution in [0.1, 0.15) is 42.3 Å². The average Bonchev–Trinajstić information content (AvgIpc) is 2.91. The first kappa shape index (κ1) is 31.7. The Labute approximate surface area is 247 Å². The molecule has 3 aromatic rings. The van der Waals surface area contributed by atoms with E-state index in [4.69, 9.17) is 38.0 Å². The summed E-state index contributed by atoms with van der Waals surface area (Å²) in [6.45, 7) is 4.53. The highest BCUT2D eigenvalue weighted by Gasteiger charge is 2.20. The monoisotopic (exact) mass is 596 g/mol. The standard InChI is InChI=1S/C29H33ClN6O6/c1-15(2)42-24-12-21(36-28(39)16(3)31)10-18(26(24)41-14-25(37)38)13-34-23-9-6-19(30)11-22(23)29(40)35-20-7-4-17(5-8-20)27(32)33/h4-12,15-16,34H,13-14,31H2,1-3H3,(H3,32,33)(H,35,40)(H,36,39)(H,37,38)/t16-/m0/s1. The largest absolute Gasteiger partial charge is 0.487 e. The van der Waals surface area contributed by atoms with Crippen LogP contribution in [0.15, 0.2) is 54.6 Å². The zero-order valence-corrected chi connectivity index (χ0v) is 24.0. The number of ether oxygens (including phenoxy) is 2. The lowest BCUT2D eigenvalue weighted by Gasteiger charge is -2.21. The molecule has 222 valence electrons. The van der Waals surface area contributed by atoms with Crippen molar-refractivity contribution in [2.75, 3.05) is 22.6 Å². The van der Waals surface area contributed by atoms with Gasteiger partial charge in [-0.05, 0) is 69.3 Å². The summed E-state index contributed by atoms with van der Waals surface area (Å²) in [4.78, 5) is 36.9. The molecule has 0 unspecified atom stereocenters. The number of carbonyl (C=O) groups is 3. The van der Waals surface area contributed by atoms with Crippen LogP contribution < -0.4 is 36.9 Å². The van der Waals surface area contributed by atoms with E-state index >= 15 is 0 Å². The molecule has 9 N–H and O–H groups in total. The molecule has 2 amide bonds. The minimum absolute atomic E-state index is 0.0422. The zero-order valence-electron chi connectivity index (χ0n) is 23.3. The van der Waals surface area contributed by atoms with Crippen LogP contribution in [0.5, 0.6) is 11.5 Å².